The van der Waals surface area contributed by atoms with Gasteiger partial charge in [-0.25, -0.2) is 9.48 Å². The van der Waals surface area contributed by atoms with Crippen LogP contribution in [0.1, 0.15) is 43.2 Å². The Balaban J connectivity index is 1.60. The zero-order valence-corrected chi connectivity index (χ0v) is 18.7. The molecule has 2 N–H and O–H groups in total. The van der Waals surface area contributed by atoms with Gasteiger partial charge in [0, 0.05) is 22.8 Å². The van der Waals surface area contributed by atoms with Gasteiger partial charge in [-0.05, 0) is 41.3 Å². The van der Waals surface area contributed by atoms with Crippen LogP contribution in [0.4, 0.5) is 29.5 Å². The quantitative estimate of drug-likeness (QED) is 0.464. The molecule has 0 saturated heterocycles. The van der Waals surface area contributed by atoms with E-state index < -0.39 is 17.8 Å². The molecule has 1 aliphatic heterocycles. The van der Waals surface area contributed by atoms with E-state index in [0.29, 0.717) is 23.0 Å². The van der Waals surface area contributed by atoms with Crippen molar-refractivity contribution in [2.45, 2.75) is 43.9 Å². The van der Waals surface area contributed by atoms with E-state index in [-0.39, 0.29) is 11.1 Å². The van der Waals surface area contributed by atoms with E-state index in [1.807, 2.05) is 24.3 Å². The Kier molecular flexibility index (Phi) is 5.70. The van der Waals surface area contributed by atoms with Gasteiger partial charge >= 0.3 is 12.2 Å². The van der Waals surface area contributed by atoms with Gasteiger partial charge in [0.2, 0.25) is 0 Å². The molecule has 2 heterocycles. The number of nitrogens with zero attached hydrogens (tertiary/aromatic N) is 2. The molecule has 0 spiro atoms. The lowest BCUT2D eigenvalue weighted by Crippen LogP contribution is -2.22. The zero-order chi connectivity index (χ0) is 23.1. The first-order valence-corrected chi connectivity index (χ1v) is 11.2. The van der Waals surface area contributed by atoms with Gasteiger partial charge in [0.25, 0.3) is 0 Å². The van der Waals surface area contributed by atoms with E-state index in [1.54, 1.807) is 17.8 Å². The number of thioether (sulfide) groups is 1. The molecular weight excluding hydrogens is 437 g/mol. The second-order valence-corrected chi connectivity index (χ2v) is 9.62. The number of aromatic nitrogens is 2. The second kappa shape index (κ2) is 8.20. The van der Waals surface area contributed by atoms with Crippen molar-refractivity contribution in [2.75, 3.05) is 10.6 Å². The summed E-state index contributed by atoms with van der Waals surface area (Å²) in [5.41, 5.74) is 2.81. The number of carbonyl (C=O) groups excluding carboxylic acids is 1. The maximum Gasteiger partial charge on any atom is 0.416 e. The molecule has 32 heavy (non-hydrogen) atoms. The average molecular weight is 461 g/mol. The molecule has 0 atom stereocenters. The fourth-order valence-electron chi connectivity index (χ4n) is 3.47. The molecule has 0 saturated carbocycles. The molecule has 1 aliphatic rings. The highest BCUT2D eigenvalue weighted by atomic mass is 32.2. The van der Waals surface area contributed by atoms with E-state index >= 15 is 0 Å². The third kappa shape index (κ3) is 4.62. The Hall–Kier alpha value is -2.94. The van der Waals surface area contributed by atoms with E-state index in [2.05, 4.69) is 36.5 Å². The lowest BCUT2D eigenvalue weighted by Gasteiger charge is -2.19. The van der Waals surface area contributed by atoms with Crippen molar-refractivity contribution in [1.29, 1.82) is 0 Å². The van der Waals surface area contributed by atoms with Gasteiger partial charge < -0.3 is 5.32 Å². The lowest BCUT2D eigenvalue weighted by atomic mass is 9.87. The minimum atomic E-state index is -4.47. The second-order valence-electron chi connectivity index (χ2n) is 8.63. The molecular formula is C23H23F3N4OS. The number of alkyl halides is 3. The van der Waals surface area contributed by atoms with Crippen molar-refractivity contribution >= 4 is 29.3 Å². The number of halogens is 3. The van der Waals surface area contributed by atoms with Gasteiger partial charge in [-0.3, -0.25) is 5.32 Å². The number of carbonyl (C=O) groups is 1. The smallest absolute Gasteiger partial charge is 0.308 e. The van der Waals surface area contributed by atoms with Crippen molar-refractivity contribution in [3.8, 4) is 5.69 Å². The summed E-state index contributed by atoms with van der Waals surface area (Å²) in [6.07, 6.45) is -4.47. The topological polar surface area (TPSA) is 59.0 Å². The molecule has 0 aliphatic carbocycles. The SMILES string of the molecule is CC(C)(C)c1ccc(NC(=O)Nc2c3c(nn2-c2cccc(C(F)(F)F)c2)CSC3)cc1. The van der Waals surface area contributed by atoms with Crippen LogP contribution >= 0.6 is 11.8 Å². The molecule has 9 heteroatoms. The van der Waals surface area contributed by atoms with Crippen molar-refractivity contribution in [3.63, 3.8) is 0 Å². The maximum absolute atomic E-state index is 13.2. The number of amides is 2. The number of fused-ring (bicyclic) bond motifs is 1. The van der Waals surface area contributed by atoms with Crippen LogP contribution in [0.2, 0.25) is 0 Å². The van der Waals surface area contributed by atoms with Crippen LogP contribution in [0.5, 0.6) is 0 Å². The number of benzene rings is 2. The molecule has 1 aromatic heterocycles. The predicted octanol–water partition coefficient (Wildman–Crippen LogP) is 6.58. The van der Waals surface area contributed by atoms with Gasteiger partial charge in [0.1, 0.15) is 5.82 Å². The van der Waals surface area contributed by atoms with Crippen molar-refractivity contribution in [2.24, 2.45) is 0 Å². The minimum absolute atomic E-state index is 0.00351. The van der Waals surface area contributed by atoms with Gasteiger partial charge in [-0.2, -0.15) is 30.0 Å². The number of rotatable bonds is 3. The molecule has 3 aromatic rings. The highest BCUT2D eigenvalue weighted by Gasteiger charge is 2.31. The largest absolute Gasteiger partial charge is 0.416 e. The molecule has 0 radical (unpaired) electrons. The monoisotopic (exact) mass is 460 g/mol. The van der Waals surface area contributed by atoms with Crippen LogP contribution in [0.15, 0.2) is 48.5 Å². The molecule has 0 unspecified atom stereocenters. The van der Waals surface area contributed by atoms with Crippen LogP contribution in [0.25, 0.3) is 5.69 Å². The van der Waals surface area contributed by atoms with Crippen molar-refractivity contribution in [1.82, 2.24) is 9.78 Å². The first kappa shape index (κ1) is 22.3. The van der Waals surface area contributed by atoms with Gasteiger partial charge in [-0.1, -0.05) is 39.0 Å². The number of nitrogens with one attached hydrogen (secondary N) is 2. The summed E-state index contributed by atoms with van der Waals surface area (Å²) >= 11 is 1.64. The number of urea groups is 1. The fraction of sp³-hybridized carbons (Fsp3) is 0.304. The Bertz CT molecular complexity index is 1150. The summed E-state index contributed by atoms with van der Waals surface area (Å²) in [6.45, 7) is 6.32. The highest BCUT2D eigenvalue weighted by molar-refractivity contribution is 7.98. The molecule has 4 rings (SSSR count). The number of anilines is 2. The zero-order valence-electron chi connectivity index (χ0n) is 17.9. The third-order valence-corrected chi connectivity index (χ3v) is 6.18. The standard InChI is InChI=1S/C23H23F3N4OS/c1-22(2,3)14-7-9-16(10-8-14)27-21(31)28-20-18-12-32-13-19(18)29-30(20)17-6-4-5-15(11-17)23(24,25)26/h4-11H,12-13H2,1-3H3,(H2,27,28,31). The third-order valence-electron chi connectivity index (χ3n) is 5.21. The lowest BCUT2D eigenvalue weighted by molar-refractivity contribution is -0.137. The molecule has 2 aromatic carbocycles. The number of hydrogen-bond donors (Lipinski definition) is 2. The normalized spacial score (nSPS) is 13.7. The first-order chi connectivity index (χ1) is 15.0. The summed E-state index contributed by atoms with van der Waals surface area (Å²) < 4.78 is 40.9. The molecule has 2 amide bonds. The van der Waals surface area contributed by atoms with Gasteiger partial charge in [0.15, 0.2) is 0 Å². The summed E-state index contributed by atoms with van der Waals surface area (Å²) in [5, 5.41) is 10.1. The first-order valence-electron chi connectivity index (χ1n) is 10.1. The van der Waals surface area contributed by atoms with Crippen LogP contribution in [-0.2, 0) is 23.1 Å². The number of hydrogen-bond acceptors (Lipinski definition) is 3. The average Bonchev–Trinajstić information content (AvgIpc) is 3.30. The minimum Gasteiger partial charge on any atom is -0.308 e. The molecule has 5 nitrogen and oxygen atoms in total. The Morgan fingerprint density at radius 2 is 1.72 bits per heavy atom. The van der Waals surface area contributed by atoms with Crippen LogP contribution < -0.4 is 10.6 Å². The summed E-state index contributed by atoms with van der Waals surface area (Å²) in [4.78, 5) is 12.7. The molecule has 0 fully saturated rings. The van der Waals surface area contributed by atoms with E-state index in [0.717, 1.165) is 29.0 Å². The van der Waals surface area contributed by atoms with Crippen LogP contribution in [0.3, 0.4) is 0 Å². The summed E-state index contributed by atoms with van der Waals surface area (Å²) in [7, 11) is 0. The van der Waals surface area contributed by atoms with E-state index in [9.17, 15) is 18.0 Å². The van der Waals surface area contributed by atoms with Crippen LogP contribution in [0, 0.1) is 0 Å². The highest BCUT2D eigenvalue weighted by Crippen LogP contribution is 2.37. The van der Waals surface area contributed by atoms with Gasteiger partial charge in [0.05, 0.1) is 16.9 Å². The van der Waals surface area contributed by atoms with E-state index in [1.165, 1.54) is 10.7 Å². The Morgan fingerprint density at radius 1 is 1.00 bits per heavy atom. The summed E-state index contributed by atoms with van der Waals surface area (Å²) in [6, 6.07) is 12.0. The van der Waals surface area contributed by atoms with Crippen molar-refractivity contribution < 1.29 is 18.0 Å². The van der Waals surface area contributed by atoms with Gasteiger partial charge in [-0.15, -0.1) is 0 Å². The summed E-state index contributed by atoms with van der Waals surface area (Å²) in [5.74, 6) is 1.66. The fourth-order valence-corrected chi connectivity index (χ4v) is 4.50. The van der Waals surface area contributed by atoms with E-state index in [4.69, 9.17) is 0 Å². The Labute approximate surface area is 188 Å². The maximum atomic E-state index is 13.2. The van der Waals surface area contributed by atoms with Crippen LogP contribution in [-0.4, -0.2) is 15.8 Å². The van der Waals surface area contributed by atoms with Crippen molar-refractivity contribution in [3.05, 3.63) is 70.9 Å². The predicted molar refractivity (Wildman–Crippen MR) is 121 cm³/mol. The molecule has 168 valence electrons. The Morgan fingerprint density at radius 3 is 2.38 bits per heavy atom. The molecule has 0 bridgehead atoms.